The second-order valence-electron chi connectivity index (χ2n) is 3.85. The van der Waals surface area contributed by atoms with Crippen molar-refractivity contribution in [2.45, 2.75) is 11.1 Å². The van der Waals surface area contributed by atoms with Crippen molar-refractivity contribution in [2.24, 2.45) is 11.5 Å². The summed E-state index contributed by atoms with van der Waals surface area (Å²) >= 11 is 0. The number of hydrogen-bond donors (Lipinski definition) is 6. The van der Waals surface area contributed by atoms with Crippen LogP contribution in [-0.2, 0) is 4.74 Å². The molecule has 0 aliphatic rings. The van der Waals surface area contributed by atoms with Crippen molar-refractivity contribution in [2.75, 3.05) is 39.6 Å². The van der Waals surface area contributed by atoms with Gasteiger partial charge in [0.15, 0.2) is 0 Å². The van der Waals surface area contributed by atoms with Crippen LogP contribution in [0.3, 0.4) is 0 Å². The lowest BCUT2D eigenvalue weighted by Gasteiger charge is -2.28. The number of rotatable bonds is 8. The zero-order valence-corrected chi connectivity index (χ0v) is 8.59. The molecule has 0 aromatic heterocycles. The van der Waals surface area contributed by atoms with Gasteiger partial charge >= 0.3 is 0 Å². The Labute approximate surface area is 88.3 Å². The summed E-state index contributed by atoms with van der Waals surface area (Å²) in [4.78, 5) is 0. The number of nitrogens with two attached hydrogens (primary N) is 2. The fourth-order valence-corrected chi connectivity index (χ4v) is 0.740. The molecule has 15 heavy (non-hydrogen) atoms. The second kappa shape index (κ2) is 6.33. The van der Waals surface area contributed by atoms with E-state index in [2.05, 4.69) is 0 Å². The SMILES string of the molecule is NC(CO)(CO)COCC(N)(CO)CO. The van der Waals surface area contributed by atoms with E-state index < -0.39 is 37.5 Å². The first-order chi connectivity index (χ1) is 6.95. The van der Waals surface area contributed by atoms with E-state index in [1.807, 2.05) is 0 Å². The van der Waals surface area contributed by atoms with E-state index in [1.165, 1.54) is 0 Å². The van der Waals surface area contributed by atoms with Crippen LogP contribution < -0.4 is 11.5 Å². The monoisotopic (exact) mass is 224 g/mol. The molecule has 0 spiro atoms. The molecule has 7 nitrogen and oxygen atoms in total. The van der Waals surface area contributed by atoms with Crippen LogP contribution in [0.15, 0.2) is 0 Å². The molecule has 0 aromatic rings. The minimum absolute atomic E-state index is 0.112. The average Bonchev–Trinajstić information content (AvgIpc) is 2.28. The molecule has 0 aliphatic carbocycles. The van der Waals surface area contributed by atoms with Gasteiger partial charge in [-0.3, -0.25) is 0 Å². The Kier molecular flexibility index (Phi) is 6.22. The van der Waals surface area contributed by atoms with Crippen molar-refractivity contribution in [3.8, 4) is 0 Å². The lowest BCUT2D eigenvalue weighted by Crippen LogP contribution is -2.55. The Bertz CT molecular complexity index is 152. The standard InChI is InChI=1S/C8H20N2O5/c9-7(1-11,2-12)5-15-6-8(10,3-13)4-14/h11-14H,1-6,9-10H2. The molecule has 8 N–H and O–H groups in total. The average molecular weight is 224 g/mol. The van der Waals surface area contributed by atoms with Gasteiger partial charge in [0, 0.05) is 0 Å². The molecular weight excluding hydrogens is 204 g/mol. The highest BCUT2D eigenvalue weighted by Gasteiger charge is 2.27. The van der Waals surface area contributed by atoms with E-state index in [-0.39, 0.29) is 13.2 Å². The van der Waals surface area contributed by atoms with Crippen LogP contribution in [0.2, 0.25) is 0 Å². The summed E-state index contributed by atoms with van der Waals surface area (Å²) < 4.78 is 5.04. The van der Waals surface area contributed by atoms with E-state index in [1.54, 1.807) is 0 Å². The third-order valence-corrected chi connectivity index (χ3v) is 2.04. The van der Waals surface area contributed by atoms with Crippen LogP contribution >= 0.6 is 0 Å². The maximum Gasteiger partial charge on any atom is 0.0859 e. The summed E-state index contributed by atoms with van der Waals surface area (Å²) in [6.45, 7) is -1.95. The van der Waals surface area contributed by atoms with Crippen LogP contribution in [0.25, 0.3) is 0 Å². The van der Waals surface area contributed by atoms with Gasteiger partial charge in [0.2, 0.25) is 0 Å². The first-order valence-corrected chi connectivity index (χ1v) is 4.54. The first kappa shape index (κ1) is 14.7. The summed E-state index contributed by atoms with van der Waals surface area (Å²) in [5, 5.41) is 35.3. The fraction of sp³-hybridized carbons (Fsp3) is 1.00. The lowest BCUT2D eigenvalue weighted by molar-refractivity contribution is -0.0165. The van der Waals surface area contributed by atoms with Crippen LogP contribution in [0, 0.1) is 0 Å². The second-order valence-corrected chi connectivity index (χ2v) is 3.85. The van der Waals surface area contributed by atoms with Crippen LogP contribution in [-0.4, -0.2) is 71.1 Å². The highest BCUT2D eigenvalue weighted by molar-refractivity contribution is 4.85. The van der Waals surface area contributed by atoms with Gasteiger partial charge in [-0.2, -0.15) is 0 Å². The van der Waals surface area contributed by atoms with Gasteiger partial charge in [0.1, 0.15) is 0 Å². The molecule has 7 heteroatoms. The largest absolute Gasteiger partial charge is 0.394 e. The molecule has 0 heterocycles. The quantitative estimate of drug-likeness (QED) is 0.250. The zero-order chi connectivity index (χ0) is 11.9. The predicted octanol–water partition coefficient (Wildman–Crippen LogP) is -3.63. The van der Waals surface area contributed by atoms with E-state index in [0.717, 1.165) is 0 Å². The molecule has 0 bridgehead atoms. The molecule has 0 rings (SSSR count). The fourth-order valence-electron chi connectivity index (χ4n) is 0.740. The van der Waals surface area contributed by atoms with E-state index >= 15 is 0 Å². The maximum absolute atomic E-state index is 8.83. The summed E-state index contributed by atoms with van der Waals surface area (Å²) in [6, 6.07) is 0. The van der Waals surface area contributed by atoms with Crippen molar-refractivity contribution in [3.63, 3.8) is 0 Å². The van der Waals surface area contributed by atoms with Gasteiger partial charge in [-0.25, -0.2) is 0 Å². The molecule has 0 aliphatic heterocycles. The third-order valence-electron chi connectivity index (χ3n) is 2.04. The molecule has 92 valence electrons. The topological polar surface area (TPSA) is 142 Å². The van der Waals surface area contributed by atoms with Crippen molar-refractivity contribution >= 4 is 0 Å². The Morgan fingerprint density at radius 1 is 0.733 bits per heavy atom. The van der Waals surface area contributed by atoms with Gasteiger partial charge in [0.05, 0.1) is 50.7 Å². The predicted molar refractivity (Wildman–Crippen MR) is 53.0 cm³/mol. The van der Waals surface area contributed by atoms with Crippen LogP contribution in [0.4, 0.5) is 0 Å². The van der Waals surface area contributed by atoms with Gasteiger partial charge in [0.25, 0.3) is 0 Å². The van der Waals surface area contributed by atoms with Crippen molar-refractivity contribution < 1.29 is 25.2 Å². The van der Waals surface area contributed by atoms with E-state index in [9.17, 15) is 0 Å². The first-order valence-electron chi connectivity index (χ1n) is 4.54. The number of hydrogen-bond acceptors (Lipinski definition) is 7. The Morgan fingerprint density at radius 3 is 1.20 bits per heavy atom. The Balaban J connectivity index is 3.96. The molecule has 0 saturated heterocycles. The summed E-state index contributed by atoms with van der Waals surface area (Å²) in [5.74, 6) is 0. The molecule has 0 amide bonds. The third kappa shape index (κ3) is 4.85. The van der Waals surface area contributed by atoms with Crippen LogP contribution in [0.5, 0.6) is 0 Å². The van der Waals surface area contributed by atoms with E-state index in [4.69, 9.17) is 36.6 Å². The lowest BCUT2D eigenvalue weighted by atomic mass is 10.0. The number of aliphatic hydroxyl groups excluding tert-OH is 4. The highest BCUT2D eigenvalue weighted by atomic mass is 16.5. The smallest absolute Gasteiger partial charge is 0.0859 e. The normalized spacial score (nSPS) is 13.2. The zero-order valence-electron chi connectivity index (χ0n) is 8.59. The summed E-state index contributed by atoms with van der Waals surface area (Å²) in [5.41, 5.74) is 8.58. The van der Waals surface area contributed by atoms with Gasteiger partial charge in [-0.15, -0.1) is 0 Å². The minimum atomic E-state index is -1.23. The molecular formula is C8H20N2O5. The Morgan fingerprint density at radius 2 is 1.00 bits per heavy atom. The molecule has 0 aromatic carbocycles. The van der Waals surface area contributed by atoms with Crippen LogP contribution in [0.1, 0.15) is 0 Å². The summed E-state index contributed by atoms with van der Waals surface area (Å²) in [7, 11) is 0. The molecule has 0 fully saturated rings. The number of ether oxygens (including phenoxy) is 1. The van der Waals surface area contributed by atoms with Crippen molar-refractivity contribution in [1.82, 2.24) is 0 Å². The Hall–Kier alpha value is -0.280. The molecule has 0 atom stereocenters. The molecule has 0 unspecified atom stereocenters. The molecule has 0 saturated carbocycles. The minimum Gasteiger partial charge on any atom is -0.394 e. The van der Waals surface area contributed by atoms with Crippen molar-refractivity contribution in [3.05, 3.63) is 0 Å². The number of aliphatic hydroxyl groups is 4. The van der Waals surface area contributed by atoms with Gasteiger partial charge < -0.3 is 36.6 Å². The van der Waals surface area contributed by atoms with Gasteiger partial charge in [-0.05, 0) is 0 Å². The van der Waals surface area contributed by atoms with Gasteiger partial charge in [-0.1, -0.05) is 0 Å². The van der Waals surface area contributed by atoms with Crippen molar-refractivity contribution in [1.29, 1.82) is 0 Å². The summed E-state index contributed by atoms with van der Waals surface area (Å²) in [6.07, 6.45) is 0. The maximum atomic E-state index is 8.83. The molecule has 0 radical (unpaired) electrons. The highest BCUT2D eigenvalue weighted by Crippen LogP contribution is 2.03. The van der Waals surface area contributed by atoms with E-state index in [0.29, 0.717) is 0 Å².